The van der Waals surface area contributed by atoms with E-state index in [1.807, 2.05) is 0 Å². The van der Waals surface area contributed by atoms with Crippen molar-refractivity contribution in [3.05, 3.63) is 0 Å². The molecular weight excluding hydrogens is 744 g/mol. The molecule has 0 radical (unpaired) electrons. The number of carboxylic acid groups (broad SMARTS) is 3. The van der Waals surface area contributed by atoms with E-state index in [9.17, 15) is 53.4 Å². The molecular formula is C33H54N10O13. The molecule has 2 aliphatic heterocycles. The molecule has 23 heteroatoms. The molecule has 56 heavy (non-hydrogen) atoms. The maximum absolute atomic E-state index is 13.8. The SMILES string of the molecule is CC(C)[C@H](NC(=O)[C@@H]1CCCN1C(=O)[C@H](CCCN=C(N)N)NC(=O)[C@@H](N)CC(=O)O)C(=O)N[C@H](C(=O)N1CCC[C@H]1C(=O)N[C@@H](CC(=O)O)C(=O)O)[C@@H](C)O. The van der Waals surface area contributed by atoms with E-state index in [0.717, 1.165) is 4.90 Å². The molecule has 2 heterocycles. The third kappa shape index (κ3) is 13.6. The normalized spacial score (nSPS) is 19.8. The molecule has 314 valence electrons. The highest BCUT2D eigenvalue weighted by Crippen LogP contribution is 2.22. The molecule has 0 unspecified atom stereocenters. The van der Waals surface area contributed by atoms with Gasteiger partial charge in [0, 0.05) is 19.6 Å². The van der Waals surface area contributed by atoms with Crippen molar-refractivity contribution in [3.8, 4) is 0 Å². The smallest absolute Gasteiger partial charge is 0.326 e. The number of carbonyl (C=O) groups is 9. The minimum Gasteiger partial charge on any atom is -0.481 e. The number of nitrogens with zero attached hydrogens (tertiary/aromatic N) is 3. The van der Waals surface area contributed by atoms with Gasteiger partial charge in [0.05, 0.1) is 25.0 Å². The summed E-state index contributed by atoms with van der Waals surface area (Å²) in [5.41, 5.74) is 16.4. The molecule has 2 aliphatic rings. The van der Waals surface area contributed by atoms with Crippen LogP contribution in [-0.2, 0) is 43.2 Å². The Balaban J connectivity index is 2.23. The Morgan fingerprint density at radius 1 is 0.714 bits per heavy atom. The number of aliphatic imine (C=N–C) groups is 1. The molecule has 0 spiro atoms. The fraction of sp³-hybridized carbons (Fsp3) is 0.697. The van der Waals surface area contributed by atoms with Crippen LogP contribution in [0.1, 0.15) is 72.1 Å². The second kappa shape index (κ2) is 21.5. The minimum absolute atomic E-state index is 0.000219. The average Bonchev–Trinajstić information content (AvgIpc) is 3.80. The second-order valence-electron chi connectivity index (χ2n) is 14.0. The van der Waals surface area contributed by atoms with Crippen LogP contribution in [0.4, 0.5) is 0 Å². The Morgan fingerprint density at radius 2 is 1.25 bits per heavy atom. The summed E-state index contributed by atoms with van der Waals surface area (Å²) in [6, 6.07) is -9.73. The summed E-state index contributed by atoms with van der Waals surface area (Å²) in [7, 11) is 0. The van der Waals surface area contributed by atoms with Crippen LogP contribution < -0.4 is 38.5 Å². The first-order valence-electron chi connectivity index (χ1n) is 18.1. The maximum atomic E-state index is 13.8. The number of hydrogen-bond acceptors (Lipinski definition) is 12. The number of likely N-dealkylation sites (tertiary alicyclic amines) is 2. The lowest BCUT2D eigenvalue weighted by atomic mass is 10.0. The number of aliphatic hydroxyl groups is 1. The summed E-state index contributed by atoms with van der Waals surface area (Å²) in [6.07, 6.45) is -1.96. The number of amides is 6. The molecule has 23 nitrogen and oxygen atoms in total. The molecule has 2 saturated heterocycles. The molecule has 8 atom stereocenters. The van der Waals surface area contributed by atoms with Gasteiger partial charge in [-0.15, -0.1) is 0 Å². The molecule has 0 aromatic heterocycles. The van der Waals surface area contributed by atoms with Gasteiger partial charge in [-0.25, -0.2) is 4.79 Å². The van der Waals surface area contributed by atoms with Gasteiger partial charge in [0.2, 0.25) is 35.4 Å². The van der Waals surface area contributed by atoms with Crippen molar-refractivity contribution in [2.45, 2.75) is 121 Å². The van der Waals surface area contributed by atoms with Gasteiger partial charge in [0.15, 0.2) is 5.96 Å². The molecule has 0 aromatic carbocycles. The van der Waals surface area contributed by atoms with Crippen LogP contribution in [0.5, 0.6) is 0 Å². The van der Waals surface area contributed by atoms with Crippen LogP contribution in [0.2, 0.25) is 0 Å². The van der Waals surface area contributed by atoms with Crippen molar-refractivity contribution in [1.82, 2.24) is 31.1 Å². The van der Waals surface area contributed by atoms with Crippen molar-refractivity contribution in [2.75, 3.05) is 19.6 Å². The Bertz CT molecular complexity index is 1520. The van der Waals surface area contributed by atoms with Crippen molar-refractivity contribution in [1.29, 1.82) is 0 Å². The Labute approximate surface area is 322 Å². The molecule has 0 aromatic rings. The maximum Gasteiger partial charge on any atom is 0.326 e. The van der Waals surface area contributed by atoms with Gasteiger partial charge < -0.3 is 68.7 Å². The van der Waals surface area contributed by atoms with Crippen LogP contribution in [0, 0.1) is 5.92 Å². The first kappa shape index (κ1) is 46.6. The van der Waals surface area contributed by atoms with Crippen molar-refractivity contribution in [3.63, 3.8) is 0 Å². The van der Waals surface area contributed by atoms with Gasteiger partial charge in [-0.2, -0.15) is 0 Å². The number of carbonyl (C=O) groups excluding carboxylic acids is 6. The highest BCUT2D eigenvalue weighted by Gasteiger charge is 2.43. The standard InChI is InChI=1S/C33H54N10O13/c1-15(2)24(29(52)41-25(16(3)44)31(54)43-12-6-8-20(43)27(50)39-19(32(55)56)14-23(47)48)40-28(51)21-9-5-11-42(21)30(53)18(7-4-10-37-33(35)36)38-26(49)17(34)13-22(45)46/h15-21,24-25,44H,4-14,34H2,1-3H3,(H,38,49)(H,39,50)(H,40,51)(H,41,52)(H,45,46)(H,47,48)(H,55,56)(H4,35,36,37)/t16-,17+,18+,19+,20+,21+,24+,25+/m1/s1. The van der Waals surface area contributed by atoms with Crippen molar-refractivity contribution in [2.24, 2.45) is 28.1 Å². The minimum atomic E-state index is -1.77. The quantitative estimate of drug-likeness (QED) is 0.0295. The van der Waals surface area contributed by atoms with E-state index < -0.39 is 121 Å². The lowest BCUT2D eigenvalue weighted by Gasteiger charge is -2.33. The number of rotatable bonds is 21. The summed E-state index contributed by atoms with van der Waals surface area (Å²) in [6.45, 7) is 4.61. The van der Waals surface area contributed by atoms with Gasteiger partial charge in [-0.1, -0.05) is 13.8 Å². The lowest BCUT2D eigenvalue weighted by molar-refractivity contribution is -0.149. The van der Waals surface area contributed by atoms with E-state index in [-0.39, 0.29) is 51.3 Å². The van der Waals surface area contributed by atoms with Crippen molar-refractivity contribution < 1.29 is 63.6 Å². The summed E-state index contributed by atoms with van der Waals surface area (Å²) in [5, 5.41) is 47.6. The van der Waals surface area contributed by atoms with Gasteiger partial charge in [-0.05, 0) is 51.4 Å². The van der Waals surface area contributed by atoms with Gasteiger partial charge in [0.25, 0.3) is 0 Å². The lowest BCUT2D eigenvalue weighted by Crippen LogP contribution is -2.62. The number of hydrogen-bond donors (Lipinski definition) is 11. The zero-order chi connectivity index (χ0) is 42.4. The summed E-state index contributed by atoms with van der Waals surface area (Å²) >= 11 is 0. The third-order valence-corrected chi connectivity index (χ3v) is 9.25. The van der Waals surface area contributed by atoms with E-state index in [4.69, 9.17) is 27.4 Å². The summed E-state index contributed by atoms with van der Waals surface area (Å²) < 4.78 is 0. The van der Waals surface area contributed by atoms with Crippen LogP contribution in [0.25, 0.3) is 0 Å². The van der Waals surface area contributed by atoms with E-state index in [2.05, 4.69) is 26.3 Å². The van der Waals surface area contributed by atoms with Crippen LogP contribution in [0.15, 0.2) is 4.99 Å². The largest absolute Gasteiger partial charge is 0.481 e. The fourth-order valence-corrected chi connectivity index (χ4v) is 6.36. The first-order chi connectivity index (χ1) is 26.2. The number of guanidine groups is 1. The fourth-order valence-electron chi connectivity index (χ4n) is 6.36. The van der Waals surface area contributed by atoms with Crippen LogP contribution in [-0.4, -0.2) is 158 Å². The molecule has 0 bridgehead atoms. The average molecular weight is 799 g/mol. The Kier molecular flexibility index (Phi) is 17.9. The molecule has 6 amide bonds. The van der Waals surface area contributed by atoms with E-state index in [1.54, 1.807) is 13.8 Å². The second-order valence-corrected chi connectivity index (χ2v) is 14.0. The predicted molar refractivity (Wildman–Crippen MR) is 194 cm³/mol. The van der Waals surface area contributed by atoms with Crippen LogP contribution in [0.3, 0.4) is 0 Å². The van der Waals surface area contributed by atoms with Gasteiger partial charge in [-0.3, -0.25) is 43.3 Å². The molecule has 2 fully saturated rings. The van der Waals surface area contributed by atoms with Gasteiger partial charge in [0.1, 0.15) is 36.3 Å². The number of aliphatic carboxylic acids is 3. The number of carboxylic acids is 3. The van der Waals surface area contributed by atoms with Gasteiger partial charge >= 0.3 is 17.9 Å². The topological polar surface area (TPSA) is 380 Å². The number of nitrogens with two attached hydrogens (primary N) is 3. The summed E-state index contributed by atoms with van der Waals surface area (Å²) in [4.78, 5) is 120. The third-order valence-electron chi connectivity index (χ3n) is 9.25. The molecule has 0 saturated carbocycles. The van der Waals surface area contributed by atoms with Crippen LogP contribution >= 0.6 is 0 Å². The van der Waals surface area contributed by atoms with Crippen molar-refractivity contribution >= 4 is 59.3 Å². The Hall–Kier alpha value is -5.58. The number of aliphatic hydroxyl groups excluding tert-OH is 1. The van der Waals surface area contributed by atoms with E-state index >= 15 is 0 Å². The number of nitrogens with one attached hydrogen (secondary N) is 4. The monoisotopic (exact) mass is 798 g/mol. The van der Waals surface area contributed by atoms with E-state index in [0.29, 0.717) is 12.8 Å². The van der Waals surface area contributed by atoms with E-state index in [1.165, 1.54) is 11.8 Å². The first-order valence-corrected chi connectivity index (χ1v) is 18.1. The highest BCUT2D eigenvalue weighted by molar-refractivity contribution is 5.98. The molecule has 14 N–H and O–H groups in total. The zero-order valence-electron chi connectivity index (χ0n) is 31.5. The summed E-state index contributed by atoms with van der Waals surface area (Å²) in [5.74, 6) is -10.2. The zero-order valence-corrected chi connectivity index (χ0v) is 31.5. The molecule has 2 rings (SSSR count). The predicted octanol–water partition coefficient (Wildman–Crippen LogP) is -4.64. The molecule has 0 aliphatic carbocycles. The highest BCUT2D eigenvalue weighted by atomic mass is 16.4. The Morgan fingerprint density at radius 3 is 1.73 bits per heavy atom.